The normalized spacial score (nSPS) is 27.2. The van der Waals surface area contributed by atoms with Gasteiger partial charge in [0, 0.05) is 6.42 Å². The average Bonchev–Trinajstić information content (AvgIpc) is 2.13. The van der Waals surface area contributed by atoms with E-state index in [-0.39, 0.29) is 6.42 Å². The number of ether oxygens (including phenoxy) is 3. The van der Waals surface area contributed by atoms with E-state index in [1.807, 2.05) is 13.8 Å². The molecule has 0 radical (unpaired) electrons. The highest BCUT2D eigenvalue weighted by atomic mass is 16.8. The SMILES string of the molecule is COC(=O)CC1(OC(=O)O)CCCC(C)(C)O1. The van der Waals surface area contributed by atoms with Gasteiger partial charge in [-0.05, 0) is 26.7 Å². The summed E-state index contributed by atoms with van der Waals surface area (Å²) in [7, 11) is 1.24. The summed E-state index contributed by atoms with van der Waals surface area (Å²) >= 11 is 0. The van der Waals surface area contributed by atoms with Crippen LogP contribution in [-0.4, -0.2) is 35.7 Å². The summed E-state index contributed by atoms with van der Waals surface area (Å²) in [4.78, 5) is 22.0. The van der Waals surface area contributed by atoms with Crippen molar-refractivity contribution in [2.45, 2.75) is 50.9 Å². The molecule has 0 amide bonds. The molecule has 0 aromatic heterocycles. The largest absolute Gasteiger partial charge is 0.508 e. The molecular weight excluding hydrogens is 228 g/mol. The van der Waals surface area contributed by atoms with Gasteiger partial charge in [-0.1, -0.05) is 0 Å². The molecule has 0 saturated carbocycles. The number of carbonyl (C=O) groups excluding carboxylic acids is 1. The van der Waals surface area contributed by atoms with Crippen molar-refractivity contribution in [2.24, 2.45) is 0 Å². The zero-order valence-electron chi connectivity index (χ0n) is 10.3. The molecule has 6 heteroatoms. The lowest BCUT2D eigenvalue weighted by Gasteiger charge is -2.43. The summed E-state index contributed by atoms with van der Waals surface area (Å²) in [5, 5.41) is 8.73. The number of rotatable bonds is 3. The molecule has 6 nitrogen and oxygen atoms in total. The lowest BCUT2D eigenvalue weighted by Crippen LogP contribution is -2.49. The van der Waals surface area contributed by atoms with Crippen LogP contribution in [-0.2, 0) is 19.0 Å². The van der Waals surface area contributed by atoms with Gasteiger partial charge in [-0.2, -0.15) is 0 Å². The monoisotopic (exact) mass is 246 g/mol. The van der Waals surface area contributed by atoms with Gasteiger partial charge in [0.2, 0.25) is 5.79 Å². The maximum atomic E-state index is 11.3. The molecule has 1 aliphatic rings. The molecule has 1 heterocycles. The van der Waals surface area contributed by atoms with Gasteiger partial charge < -0.3 is 19.3 Å². The van der Waals surface area contributed by atoms with Crippen molar-refractivity contribution in [3.63, 3.8) is 0 Å². The highest BCUT2D eigenvalue weighted by Gasteiger charge is 2.46. The molecule has 1 atom stereocenters. The number of hydrogen-bond donors (Lipinski definition) is 1. The number of hydrogen-bond acceptors (Lipinski definition) is 5. The molecule has 1 fully saturated rings. The standard InChI is InChI=1S/C11H18O6/c1-10(2)5-4-6-11(17-10,16-9(13)14)7-8(12)15-3/h4-7H2,1-3H3,(H,13,14). The Bertz CT molecular complexity index is 311. The summed E-state index contributed by atoms with van der Waals surface area (Å²) in [6, 6.07) is 0. The van der Waals surface area contributed by atoms with Gasteiger partial charge in [0.1, 0.15) is 6.42 Å². The summed E-state index contributed by atoms with van der Waals surface area (Å²) in [5.74, 6) is -1.97. The van der Waals surface area contributed by atoms with Crippen molar-refractivity contribution in [3.8, 4) is 0 Å². The van der Waals surface area contributed by atoms with Crippen LogP contribution in [0.1, 0.15) is 39.5 Å². The number of methoxy groups -OCH3 is 1. The van der Waals surface area contributed by atoms with Crippen molar-refractivity contribution in [1.29, 1.82) is 0 Å². The van der Waals surface area contributed by atoms with Crippen LogP contribution >= 0.6 is 0 Å². The second-order valence-corrected chi connectivity index (χ2v) is 4.75. The zero-order chi connectivity index (χ0) is 13.1. The third-order valence-electron chi connectivity index (χ3n) is 2.71. The van der Waals surface area contributed by atoms with Crippen molar-refractivity contribution in [1.82, 2.24) is 0 Å². The van der Waals surface area contributed by atoms with Crippen LogP contribution in [0.3, 0.4) is 0 Å². The van der Waals surface area contributed by atoms with E-state index in [0.717, 1.165) is 12.8 Å². The minimum Gasteiger partial charge on any atom is -0.469 e. The second kappa shape index (κ2) is 4.91. The Balaban J connectivity index is 2.85. The molecule has 0 aliphatic carbocycles. The maximum Gasteiger partial charge on any atom is 0.508 e. The van der Waals surface area contributed by atoms with Crippen LogP contribution in [0, 0.1) is 0 Å². The Hall–Kier alpha value is -1.30. The molecule has 0 spiro atoms. The van der Waals surface area contributed by atoms with Crippen LogP contribution in [0.4, 0.5) is 4.79 Å². The predicted octanol–water partition coefficient (Wildman–Crippen LogP) is 1.92. The number of esters is 1. The third-order valence-corrected chi connectivity index (χ3v) is 2.71. The fourth-order valence-corrected chi connectivity index (χ4v) is 2.07. The van der Waals surface area contributed by atoms with E-state index in [0.29, 0.717) is 6.42 Å². The minimum atomic E-state index is -1.45. The quantitative estimate of drug-likeness (QED) is 0.766. The van der Waals surface area contributed by atoms with E-state index in [4.69, 9.17) is 14.6 Å². The summed E-state index contributed by atoms with van der Waals surface area (Å²) in [6.45, 7) is 3.67. The number of carbonyl (C=O) groups is 2. The van der Waals surface area contributed by atoms with Crippen LogP contribution in [0.15, 0.2) is 0 Å². The van der Waals surface area contributed by atoms with E-state index in [2.05, 4.69) is 4.74 Å². The van der Waals surface area contributed by atoms with Gasteiger partial charge in [-0.15, -0.1) is 0 Å². The van der Waals surface area contributed by atoms with Gasteiger partial charge in [0.25, 0.3) is 0 Å². The third kappa shape index (κ3) is 3.89. The Kier molecular flexibility index (Phi) is 3.98. The Morgan fingerprint density at radius 2 is 2.00 bits per heavy atom. The molecule has 1 N–H and O–H groups in total. The van der Waals surface area contributed by atoms with Gasteiger partial charge in [-0.3, -0.25) is 4.79 Å². The van der Waals surface area contributed by atoms with E-state index in [1.54, 1.807) is 0 Å². The summed E-state index contributed by atoms with van der Waals surface area (Å²) in [6.07, 6.45) is 0.208. The van der Waals surface area contributed by atoms with Gasteiger partial charge in [-0.25, -0.2) is 4.79 Å². The Labute approximate surface area is 99.8 Å². The smallest absolute Gasteiger partial charge is 0.469 e. The van der Waals surface area contributed by atoms with Gasteiger partial charge in [0.15, 0.2) is 0 Å². The summed E-state index contributed by atoms with van der Waals surface area (Å²) in [5.41, 5.74) is -0.512. The van der Waals surface area contributed by atoms with Crippen LogP contribution < -0.4 is 0 Å². The van der Waals surface area contributed by atoms with Crippen LogP contribution in [0.25, 0.3) is 0 Å². The first-order valence-electron chi connectivity index (χ1n) is 5.47. The predicted molar refractivity (Wildman–Crippen MR) is 57.5 cm³/mol. The Morgan fingerprint density at radius 3 is 2.47 bits per heavy atom. The lowest BCUT2D eigenvalue weighted by molar-refractivity contribution is -0.285. The van der Waals surface area contributed by atoms with Crippen LogP contribution in [0.2, 0.25) is 0 Å². The second-order valence-electron chi connectivity index (χ2n) is 4.75. The first-order valence-corrected chi connectivity index (χ1v) is 5.47. The molecule has 0 bridgehead atoms. The van der Waals surface area contributed by atoms with Crippen molar-refractivity contribution in [2.75, 3.05) is 7.11 Å². The first kappa shape index (κ1) is 13.8. The molecule has 0 aromatic carbocycles. The molecule has 1 saturated heterocycles. The lowest BCUT2D eigenvalue weighted by atomic mass is 9.91. The van der Waals surface area contributed by atoms with Crippen molar-refractivity contribution >= 4 is 12.1 Å². The molecule has 1 unspecified atom stereocenters. The van der Waals surface area contributed by atoms with E-state index >= 15 is 0 Å². The van der Waals surface area contributed by atoms with Crippen molar-refractivity contribution < 1.29 is 28.9 Å². The highest BCUT2D eigenvalue weighted by molar-refractivity contribution is 5.71. The maximum absolute atomic E-state index is 11.3. The van der Waals surface area contributed by atoms with Crippen molar-refractivity contribution in [3.05, 3.63) is 0 Å². The molecule has 0 aromatic rings. The van der Waals surface area contributed by atoms with E-state index in [9.17, 15) is 9.59 Å². The fourth-order valence-electron chi connectivity index (χ4n) is 2.07. The van der Waals surface area contributed by atoms with Gasteiger partial charge >= 0.3 is 12.1 Å². The van der Waals surface area contributed by atoms with Crippen LogP contribution in [0.5, 0.6) is 0 Å². The van der Waals surface area contributed by atoms with E-state index < -0.39 is 23.5 Å². The summed E-state index contributed by atoms with van der Waals surface area (Å²) < 4.78 is 15.0. The highest BCUT2D eigenvalue weighted by Crippen LogP contribution is 2.38. The zero-order valence-corrected chi connectivity index (χ0v) is 10.3. The average molecular weight is 246 g/mol. The molecule has 1 aliphatic heterocycles. The molecule has 98 valence electrons. The topological polar surface area (TPSA) is 82.1 Å². The molecular formula is C11H18O6. The fraction of sp³-hybridized carbons (Fsp3) is 0.818. The van der Waals surface area contributed by atoms with E-state index in [1.165, 1.54) is 7.11 Å². The minimum absolute atomic E-state index is 0.223. The Morgan fingerprint density at radius 1 is 1.35 bits per heavy atom. The number of carboxylic acid groups (broad SMARTS) is 1. The molecule has 1 rings (SSSR count). The molecule has 17 heavy (non-hydrogen) atoms. The first-order chi connectivity index (χ1) is 7.79. The van der Waals surface area contributed by atoms with Gasteiger partial charge in [0.05, 0.1) is 12.7 Å².